The van der Waals surface area contributed by atoms with Gasteiger partial charge in [-0.1, -0.05) is 33.8 Å². The Morgan fingerprint density at radius 1 is 1.13 bits per heavy atom. The van der Waals surface area contributed by atoms with Gasteiger partial charge in [0.05, 0.1) is 5.69 Å². The third-order valence-electron chi connectivity index (χ3n) is 5.22. The monoisotopic (exact) mass is 409 g/mol. The third kappa shape index (κ3) is 5.14. The molecule has 1 amide bonds. The molecule has 160 valence electrons. The van der Waals surface area contributed by atoms with Gasteiger partial charge in [-0.3, -0.25) is 4.79 Å². The summed E-state index contributed by atoms with van der Waals surface area (Å²) in [6, 6.07) is 9.62. The maximum atomic E-state index is 12.7. The topological polar surface area (TPSA) is 85.8 Å². The van der Waals surface area contributed by atoms with Crippen LogP contribution >= 0.6 is 0 Å². The lowest BCUT2D eigenvalue weighted by atomic mass is 10.1. The summed E-state index contributed by atoms with van der Waals surface area (Å²) in [5.41, 5.74) is 3.13. The van der Waals surface area contributed by atoms with Gasteiger partial charge >= 0.3 is 0 Å². The number of hydrogen-bond acceptors (Lipinski definition) is 5. The van der Waals surface area contributed by atoms with E-state index in [1.165, 1.54) is 0 Å². The van der Waals surface area contributed by atoms with Gasteiger partial charge < -0.3 is 9.73 Å². The maximum Gasteiger partial charge on any atom is 0.268 e. The highest BCUT2D eigenvalue weighted by molar-refractivity contribution is 5.94. The van der Waals surface area contributed by atoms with Gasteiger partial charge in [0.1, 0.15) is 5.69 Å². The van der Waals surface area contributed by atoms with E-state index in [-0.39, 0.29) is 11.9 Å². The number of aryl methyl sites for hydroxylation is 2. The van der Waals surface area contributed by atoms with Crippen LogP contribution in [0.5, 0.6) is 0 Å². The summed E-state index contributed by atoms with van der Waals surface area (Å²) < 4.78 is 7.44. The molecule has 0 saturated heterocycles. The second kappa shape index (κ2) is 9.24. The lowest BCUT2D eigenvalue weighted by Gasteiger charge is -2.17. The van der Waals surface area contributed by atoms with Crippen molar-refractivity contribution in [3.63, 3.8) is 0 Å². The van der Waals surface area contributed by atoms with Crippen LogP contribution in [0, 0.1) is 18.8 Å². The zero-order valence-corrected chi connectivity index (χ0v) is 18.6. The van der Waals surface area contributed by atoms with E-state index < -0.39 is 0 Å². The predicted octanol–water partition coefficient (Wildman–Crippen LogP) is 4.59. The molecular formula is C23H31N5O2. The molecule has 2 aromatic heterocycles. The number of hydrogen-bond donors (Lipinski definition) is 1. The molecule has 0 aliphatic carbocycles. The third-order valence-corrected chi connectivity index (χ3v) is 5.22. The van der Waals surface area contributed by atoms with Crippen molar-refractivity contribution in [1.29, 1.82) is 0 Å². The molecular weight excluding hydrogens is 378 g/mol. The van der Waals surface area contributed by atoms with E-state index in [1.54, 1.807) is 6.92 Å². The highest BCUT2D eigenvalue weighted by Gasteiger charge is 2.18. The Morgan fingerprint density at radius 2 is 1.90 bits per heavy atom. The van der Waals surface area contributed by atoms with E-state index in [0.717, 1.165) is 24.2 Å². The van der Waals surface area contributed by atoms with Crippen molar-refractivity contribution in [3.05, 3.63) is 47.5 Å². The Balaban J connectivity index is 1.95. The zero-order valence-electron chi connectivity index (χ0n) is 18.6. The number of carbonyl (C=O) groups excluding carboxylic acids is 1. The van der Waals surface area contributed by atoms with E-state index in [9.17, 15) is 4.79 Å². The van der Waals surface area contributed by atoms with Crippen molar-refractivity contribution >= 4 is 5.91 Å². The van der Waals surface area contributed by atoms with Crippen molar-refractivity contribution in [2.45, 2.75) is 60.4 Å². The molecule has 0 fully saturated rings. The van der Waals surface area contributed by atoms with E-state index in [2.05, 4.69) is 43.2 Å². The number of carbonyl (C=O) groups is 1. The van der Waals surface area contributed by atoms with Crippen molar-refractivity contribution in [2.75, 3.05) is 0 Å². The van der Waals surface area contributed by atoms with Gasteiger partial charge in [-0.05, 0) is 55.9 Å². The van der Waals surface area contributed by atoms with Crippen LogP contribution in [0.4, 0.5) is 0 Å². The number of nitrogens with zero attached hydrogens (tertiary/aromatic N) is 4. The van der Waals surface area contributed by atoms with Gasteiger partial charge in [-0.15, -0.1) is 10.2 Å². The van der Waals surface area contributed by atoms with Crippen LogP contribution in [-0.4, -0.2) is 31.9 Å². The predicted molar refractivity (Wildman–Crippen MR) is 117 cm³/mol. The van der Waals surface area contributed by atoms with Crippen LogP contribution < -0.4 is 5.32 Å². The van der Waals surface area contributed by atoms with E-state index in [0.29, 0.717) is 34.9 Å². The number of rotatable bonds is 8. The molecule has 1 atom stereocenters. The average Bonchev–Trinajstić information content (AvgIpc) is 3.32. The van der Waals surface area contributed by atoms with Gasteiger partial charge in [0.15, 0.2) is 0 Å². The van der Waals surface area contributed by atoms with Crippen molar-refractivity contribution in [1.82, 2.24) is 25.3 Å². The molecule has 0 spiro atoms. The van der Waals surface area contributed by atoms with E-state index >= 15 is 0 Å². The molecule has 30 heavy (non-hydrogen) atoms. The van der Waals surface area contributed by atoms with Crippen molar-refractivity contribution in [3.8, 4) is 17.3 Å². The average molecular weight is 410 g/mol. The lowest BCUT2D eigenvalue weighted by Crippen LogP contribution is -2.36. The molecule has 0 unspecified atom stereocenters. The molecule has 7 heteroatoms. The van der Waals surface area contributed by atoms with Gasteiger partial charge in [0, 0.05) is 24.2 Å². The second-order valence-electron chi connectivity index (χ2n) is 8.55. The summed E-state index contributed by atoms with van der Waals surface area (Å²) >= 11 is 0. The largest absolute Gasteiger partial charge is 0.420 e. The SMILES string of the molecule is Cc1nnc(-c2cc(CCC(C)C)n(-c3cccc(C(=O)N[C@@H](C)C(C)C)c3)n2)o1. The Hall–Kier alpha value is -2.96. The minimum Gasteiger partial charge on any atom is -0.420 e. The first kappa shape index (κ1) is 21.7. The van der Waals surface area contributed by atoms with E-state index in [4.69, 9.17) is 9.52 Å². The van der Waals surface area contributed by atoms with Crippen molar-refractivity contribution in [2.24, 2.45) is 11.8 Å². The summed E-state index contributed by atoms with van der Waals surface area (Å²) in [5.74, 6) is 1.75. The first-order chi connectivity index (χ1) is 14.2. The number of amides is 1. The minimum atomic E-state index is -0.0818. The molecule has 7 nitrogen and oxygen atoms in total. The molecule has 3 aromatic rings. The molecule has 0 saturated carbocycles. The Bertz CT molecular complexity index is 1000. The fourth-order valence-electron chi connectivity index (χ4n) is 3.00. The molecule has 0 radical (unpaired) electrons. The van der Waals surface area contributed by atoms with Crippen LogP contribution in [0.25, 0.3) is 17.3 Å². The van der Waals surface area contributed by atoms with Crippen LogP contribution in [0.15, 0.2) is 34.7 Å². The number of benzene rings is 1. The van der Waals surface area contributed by atoms with Crippen LogP contribution in [0.3, 0.4) is 0 Å². The smallest absolute Gasteiger partial charge is 0.268 e. The first-order valence-corrected chi connectivity index (χ1v) is 10.5. The van der Waals surface area contributed by atoms with Gasteiger partial charge in [-0.25, -0.2) is 4.68 Å². The highest BCUT2D eigenvalue weighted by Crippen LogP contribution is 2.23. The fourth-order valence-corrected chi connectivity index (χ4v) is 3.00. The molecule has 0 bridgehead atoms. The molecule has 0 aliphatic heterocycles. The summed E-state index contributed by atoms with van der Waals surface area (Å²) in [6.45, 7) is 12.4. The summed E-state index contributed by atoms with van der Waals surface area (Å²) in [4.78, 5) is 12.7. The summed E-state index contributed by atoms with van der Waals surface area (Å²) in [5, 5.41) is 15.8. The summed E-state index contributed by atoms with van der Waals surface area (Å²) in [6.07, 6.45) is 1.89. The molecule has 1 aromatic carbocycles. The number of aromatic nitrogens is 4. The van der Waals surface area contributed by atoms with Crippen LogP contribution in [0.2, 0.25) is 0 Å². The first-order valence-electron chi connectivity index (χ1n) is 10.5. The molecule has 1 N–H and O–H groups in total. The molecule has 3 rings (SSSR count). The maximum absolute atomic E-state index is 12.7. The Kier molecular flexibility index (Phi) is 6.70. The van der Waals surface area contributed by atoms with Gasteiger partial charge in [-0.2, -0.15) is 5.10 Å². The fraction of sp³-hybridized carbons (Fsp3) is 0.478. The number of nitrogens with one attached hydrogen (secondary N) is 1. The minimum absolute atomic E-state index is 0.0818. The molecule has 0 aliphatic rings. The standard InChI is InChI=1S/C23H31N5O2/c1-14(2)10-11-20-13-21(23-26-25-17(6)30-23)27-28(20)19-9-7-8-18(12-19)22(29)24-16(5)15(3)4/h7-9,12-16H,10-11H2,1-6H3,(H,24,29)/t16-/m0/s1. The van der Waals surface area contributed by atoms with Crippen LogP contribution in [0.1, 0.15) is 63.0 Å². The lowest BCUT2D eigenvalue weighted by molar-refractivity contribution is 0.0930. The Morgan fingerprint density at radius 3 is 2.53 bits per heavy atom. The zero-order chi connectivity index (χ0) is 21.8. The summed E-state index contributed by atoms with van der Waals surface area (Å²) in [7, 11) is 0. The van der Waals surface area contributed by atoms with Gasteiger partial charge in [0.2, 0.25) is 5.89 Å². The highest BCUT2D eigenvalue weighted by atomic mass is 16.4. The normalized spacial score (nSPS) is 12.5. The van der Waals surface area contributed by atoms with Crippen molar-refractivity contribution < 1.29 is 9.21 Å². The Labute approximate surface area is 177 Å². The quantitative estimate of drug-likeness (QED) is 0.588. The van der Waals surface area contributed by atoms with Crippen LogP contribution in [-0.2, 0) is 6.42 Å². The van der Waals surface area contributed by atoms with E-state index in [1.807, 2.05) is 41.9 Å². The molecule has 2 heterocycles. The second-order valence-corrected chi connectivity index (χ2v) is 8.55. The van der Waals surface area contributed by atoms with Gasteiger partial charge in [0.25, 0.3) is 11.8 Å².